The number of nitrogens with one attached hydrogen (secondary N) is 3. The van der Waals surface area contributed by atoms with Crippen molar-refractivity contribution in [2.24, 2.45) is 0 Å². The Morgan fingerprint density at radius 1 is 1.20 bits per heavy atom. The number of hydrogen-bond acceptors (Lipinski definition) is 6. The third-order valence-corrected chi connectivity index (χ3v) is 5.55. The quantitative estimate of drug-likeness (QED) is 0.453. The van der Waals surface area contributed by atoms with E-state index in [-0.39, 0.29) is 12.7 Å². The number of nitrogens with zero attached hydrogens (tertiary/aromatic N) is 4. The predicted octanol–water partition coefficient (Wildman–Crippen LogP) is 3.83. The van der Waals surface area contributed by atoms with Crippen molar-refractivity contribution >= 4 is 23.5 Å². The topological polar surface area (TPSA) is 93.7 Å². The first-order valence-electron chi connectivity index (χ1n) is 9.78. The molecule has 3 heterocycles. The molecule has 0 spiro atoms. The van der Waals surface area contributed by atoms with Crippen molar-refractivity contribution in [3.8, 4) is 0 Å². The van der Waals surface area contributed by atoms with Gasteiger partial charge in [0, 0.05) is 32.2 Å². The first kappa shape index (κ1) is 19.8. The second kappa shape index (κ2) is 7.70. The largest absolute Gasteiger partial charge is 0.352 e. The van der Waals surface area contributed by atoms with Gasteiger partial charge in [0.2, 0.25) is 0 Å². The Morgan fingerprint density at radius 2 is 2.00 bits per heavy atom. The fourth-order valence-corrected chi connectivity index (χ4v) is 3.70. The zero-order chi connectivity index (χ0) is 21.4. The molecular formula is C22H26FN7. The van der Waals surface area contributed by atoms with Gasteiger partial charge in [0.25, 0.3) is 0 Å². The predicted molar refractivity (Wildman–Crippen MR) is 117 cm³/mol. The SMILES string of the molecule is Cc1ccc(F)c(Nc2cnc3c(c2)CN(c2nn(C=N)c(=N)c(C)c2C)CC3)c1.[HH]. The summed E-state index contributed by atoms with van der Waals surface area (Å²) in [6.07, 6.45) is 3.56. The van der Waals surface area contributed by atoms with Crippen LogP contribution in [0.1, 0.15) is 29.4 Å². The van der Waals surface area contributed by atoms with Crippen molar-refractivity contribution in [2.75, 3.05) is 16.8 Å². The van der Waals surface area contributed by atoms with E-state index in [1.807, 2.05) is 26.8 Å². The minimum atomic E-state index is -0.304. The summed E-state index contributed by atoms with van der Waals surface area (Å²) >= 11 is 0. The summed E-state index contributed by atoms with van der Waals surface area (Å²) in [5, 5.41) is 23.3. The summed E-state index contributed by atoms with van der Waals surface area (Å²) in [5.74, 6) is 0.461. The van der Waals surface area contributed by atoms with Gasteiger partial charge in [-0.15, -0.1) is 5.10 Å². The van der Waals surface area contributed by atoms with Gasteiger partial charge in [0.1, 0.15) is 12.2 Å². The molecule has 0 saturated carbocycles. The van der Waals surface area contributed by atoms with Crippen LogP contribution in [0.4, 0.5) is 21.6 Å². The molecule has 1 aromatic carbocycles. The zero-order valence-electron chi connectivity index (χ0n) is 17.3. The number of fused-ring (bicyclic) bond motifs is 1. The molecule has 8 heteroatoms. The van der Waals surface area contributed by atoms with Gasteiger partial charge < -0.3 is 10.2 Å². The first-order valence-corrected chi connectivity index (χ1v) is 9.78. The lowest BCUT2D eigenvalue weighted by Crippen LogP contribution is -2.36. The van der Waals surface area contributed by atoms with E-state index in [1.54, 1.807) is 18.3 Å². The molecule has 0 fully saturated rings. The van der Waals surface area contributed by atoms with E-state index in [2.05, 4.69) is 20.3 Å². The molecule has 4 rings (SSSR count). The maximum Gasteiger partial charge on any atom is 0.153 e. The summed E-state index contributed by atoms with van der Waals surface area (Å²) in [4.78, 5) is 6.72. The average Bonchev–Trinajstić information content (AvgIpc) is 2.74. The van der Waals surface area contributed by atoms with Gasteiger partial charge in [0.15, 0.2) is 11.3 Å². The van der Waals surface area contributed by atoms with Crippen LogP contribution in [0.15, 0.2) is 30.5 Å². The van der Waals surface area contributed by atoms with Crippen LogP contribution in [0.25, 0.3) is 0 Å². The van der Waals surface area contributed by atoms with E-state index < -0.39 is 0 Å². The number of hydrogen-bond donors (Lipinski definition) is 3. The molecule has 2 aromatic heterocycles. The van der Waals surface area contributed by atoms with Crippen LogP contribution in [0.2, 0.25) is 0 Å². The number of benzene rings is 1. The van der Waals surface area contributed by atoms with E-state index in [0.29, 0.717) is 12.2 Å². The zero-order valence-corrected chi connectivity index (χ0v) is 17.3. The van der Waals surface area contributed by atoms with Gasteiger partial charge >= 0.3 is 0 Å². The molecule has 0 unspecified atom stereocenters. The molecule has 156 valence electrons. The number of rotatable bonds is 4. The average molecular weight is 407 g/mol. The Hall–Kier alpha value is -3.55. The molecule has 7 nitrogen and oxygen atoms in total. The van der Waals surface area contributed by atoms with Gasteiger partial charge in [0.05, 0.1) is 17.6 Å². The fraction of sp³-hybridized carbons (Fsp3) is 0.273. The monoisotopic (exact) mass is 407 g/mol. The second-order valence-corrected chi connectivity index (χ2v) is 7.61. The molecule has 0 saturated heterocycles. The highest BCUT2D eigenvalue weighted by atomic mass is 19.1. The van der Waals surface area contributed by atoms with Gasteiger partial charge in [-0.25, -0.2) is 9.07 Å². The Kier molecular flexibility index (Phi) is 5.07. The molecule has 3 N–H and O–H groups in total. The highest BCUT2D eigenvalue weighted by Gasteiger charge is 2.22. The molecule has 1 aliphatic rings. The molecule has 0 amide bonds. The lowest BCUT2D eigenvalue weighted by atomic mass is 10.0. The minimum Gasteiger partial charge on any atom is -0.352 e. The minimum absolute atomic E-state index is 0. The van der Waals surface area contributed by atoms with Crippen LogP contribution in [0.5, 0.6) is 0 Å². The molecule has 1 aliphatic heterocycles. The first-order chi connectivity index (χ1) is 14.4. The van der Waals surface area contributed by atoms with Gasteiger partial charge in [-0.05, 0) is 55.7 Å². The summed E-state index contributed by atoms with van der Waals surface area (Å²) < 4.78 is 15.4. The van der Waals surface area contributed by atoms with Gasteiger partial charge in [-0.3, -0.25) is 15.8 Å². The van der Waals surface area contributed by atoms with Crippen molar-refractivity contribution < 1.29 is 5.82 Å². The van der Waals surface area contributed by atoms with E-state index in [9.17, 15) is 4.39 Å². The number of anilines is 3. The van der Waals surface area contributed by atoms with Crippen molar-refractivity contribution in [3.05, 3.63) is 69.7 Å². The Morgan fingerprint density at radius 3 is 2.77 bits per heavy atom. The smallest absolute Gasteiger partial charge is 0.153 e. The molecule has 0 aliphatic carbocycles. The Balaban J connectivity index is 0.00000272. The van der Waals surface area contributed by atoms with Crippen molar-refractivity contribution in [1.29, 1.82) is 10.8 Å². The van der Waals surface area contributed by atoms with Gasteiger partial charge in [-0.2, -0.15) is 0 Å². The van der Waals surface area contributed by atoms with Crippen molar-refractivity contribution in [1.82, 2.24) is 14.8 Å². The van der Waals surface area contributed by atoms with E-state index in [4.69, 9.17) is 10.8 Å². The van der Waals surface area contributed by atoms with Crippen molar-refractivity contribution in [2.45, 2.75) is 33.7 Å². The molecule has 30 heavy (non-hydrogen) atoms. The van der Waals surface area contributed by atoms with Crippen LogP contribution in [0.3, 0.4) is 0 Å². The lowest BCUT2D eigenvalue weighted by molar-refractivity contribution is 0.631. The van der Waals surface area contributed by atoms with Crippen molar-refractivity contribution in [3.63, 3.8) is 0 Å². The normalized spacial score (nSPS) is 13.1. The van der Waals surface area contributed by atoms with Crippen LogP contribution in [-0.2, 0) is 13.0 Å². The van der Waals surface area contributed by atoms with Crippen LogP contribution in [0, 0.1) is 37.4 Å². The van der Waals surface area contributed by atoms with Crippen LogP contribution >= 0.6 is 0 Å². The highest BCUT2D eigenvalue weighted by Crippen LogP contribution is 2.28. The molecule has 0 radical (unpaired) electrons. The Bertz CT molecular complexity index is 1210. The maximum atomic E-state index is 14.1. The van der Waals surface area contributed by atoms with Gasteiger partial charge in [-0.1, -0.05) is 6.07 Å². The Labute approximate surface area is 175 Å². The molecule has 0 bridgehead atoms. The van der Waals surface area contributed by atoms with Crippen LogP contribution in [-0.4, -0.2) is 27.6 Å². The fourth-order valence-electron chi connectivity index (χ4n) is 3.70. The van der Waals surface area contributed by atoms with E-state index in [1.165, 1.54) is 10.7 Å². The number of halogens is 1. The van der Waals surface area contributed by atoms with E-state index >= 15 is 0 Å². The second-order valence-electron chi connectivity index (χ2n) is 7.61. The van der Waals surface area contributed by atoms with E-state index in [0.717, 1.165) is 58.8 Å². The number of pyridine rings is 1. The maximum absolute atomic E-state index is 14.1. The summed E-state index contributed by atoms with van der Waals surface area (Å²) in [5.41, 5.74) is 6.17. The molecule has 3 aromatic rings. The number of aromatic nitrogens is 3. The number of aryl methyl sites for hydroxylation is 1. The lowest BCUT2D eigenvalue weighted by Gasteiger charge is -2.31. The third-order valence-electron chi connectivity index (χ3n) is 5.55. The molecule has 0 atom stereocenters. The van der Waals surface area contributed by atoms with Crippen LogP contribution < -0.4 is 15.7 Å². The third kappa shape index (κ3) is 3.56. The highest BCUT2D eigenvalue weighted by molar-refractivity contribution is 5.62. The molecular weight excluding hydrogens is 381 g/mol. The summed E-state index contributed by atoms with van der Waals surface area (Å²) in [7, 11) is 0. The standard InChI is InChI=1S/C22H24FN7.H2/c1-13-4-5-18(23)20(8-13)27-17-9-16-11-29(7-6-19(16)26-10-17)22-15(3)14(2)21(25)30(12-24)28-22;/h4-5,8-10,12,24-25,27H,6-7,11H2,1-3H3;1H. The summed E-state index contributed by atoms with van der Waals surface area (Å²) in [6, 6.07) is 6.97. The summed E-state index contributed by atoms with van der Waals surface area (Å²) in [6.45, 7) is 7.11.